The number of halogens is 3. The van der Waals surface area contributed by atoms with E-state index in [9.17, 15) is 9.59 Å². The van der Waals surface area contributed by atoms with Crippen LogP contribution in [0.5, 0.6) is 0 Å². The summed E-state index contributed by atoms with van der Waals surface area (Å²) >= 11 is 17.9. The van der Waals surface area contributed by atoms with Gasteiger partial charge in [0.15, 0.2) is 0 Å². The van der Waals surface area contributed by atoms with Crippen LogP contribution in [0, 0.1) is 5.92 Å². The zero-order valence-corrected chi connectivity index (χ0v) is 18.2. The number of hydrogen-bond donors (Lipinski definition) is 2. The minimum atomic E-state index is -0.284. The van der Waals surface area contributed by atoms with Gasteiger partial charge in [0.1, 0.15) is 0 Å². The van der Waals surface area contributed by atoms with Crippen LogP contribution in [0.1, 0.15) is 30.1 Å². The molecule has 1 aliphatic rings. The molecule has 0 radical (unpaired) electrons. The molecule has 1 fully saturated rings. The number of piperidine rings is 1. The Balaban J connectivity index is 1.53. The average molecular weight is 455 g/mol. The predicted octanol–water partition coefficient (Wildman–Crippen LogP) is 5.57. The fourth-order valence-corrected chi connectivity index (χ4v) is 3.71. The molecule has 0 unspecified atom stereocenters. The second-order valence-electron chi connectivity index (χ2n) is 7.20. The zero-order valence-electron chi connectivity index (χ0n) is 16.0. The Labute approximate surface area is 185 Å². The third-order valence-electron chi connectivity index (χ3n) is 4.94. The van der Waals surface area contributed by atoms with Crippen molar-refractivity contribution >= 4 is 58.0 Å². The van der Waals surface area contributed by atoms with Crippen molar-refractivity contribution in [3.63, 3.8) is 0 Å². The second-order valence-corrected chi connectivity index (χ2v) is 8.42. The molecule has 2 N–H and O–H groups in total. The van der Waals surface area contributed by atoms with Gasteiger partial charge in [-0.2, -0.15) is 0 Å². The summed E-state index contributed by atoms with van der Waals surface area (Å²) in [6, 6.07) is 10.1. The van der Waals surface area contributed by atoms with E-state index in [2.05, 4.69) is 17.6 Å². The van der Waals surface area contributed by atoms with Gasteiger partial charge in [0.2, 0.25) is 5.91 Å². The van der Waals surface area contributed by atoms with Gasteiger partial charge in [-0.15, -0.1) is 0 Å². The topological polar surface area (TPSA) is 61.4 Å². The molecule has 0 atom stereocenters. The first kappa shape index (κ1) is 21.8. The number of rotatable bonds is 5. The fourth-order valence-electron chi connectivity index (χ4n) is 3.12. The van der Waals surface area contributed by atoms with Gasteiger partial charge in [-0.1, -0.05) is 41.7 Å². The summed E-state index contributed by atoms with van der Waals surface area (Å²) in [7, 11) is 0. The van der Waals surface area contributed by atoms with E-state index in [0.717, 1.165) is 31.6 Å². The molecule has 0 bridgehead atoms. The standard InChI is InChI=1S/C21H22Cl3N3O2/c1-13-6-8-27(9-7-13)21(29)14-2-4-15(5-3-14)25-12-20(28)26-19-11-17(23)16(22)10-18(19)24/h2-5,10-11,13,25H,6-9,12H2,1H3,(H,26,28). The third kappa shape index (κ3) is 5.78. The van der Waals surface area contributed by atoms with Crippen molar-refractivity contribution in [1.29, 1.82) is 0 Å². The molecule has 2 aromatic rings. The van der Waals surface area contributed by atoms with E-state index in [1.54, 1.807) is 24.3 Å². The largest absolute Gasteiger partial charge is 0.376 e. The normalized spacial score (nSPS) is 14.6. The van der Waals surface area contributed by atoms with E-state index in [1.165, 1.54) is 12.1 Å². The summed E-state index contributed by atoms with van der Waals surface area (Å²) in [6.07, 6.45) is 2.09. The molecule has 29 heavy (non-hydrogen) atoms. The Bertz CT molecular complexity index is 895. The Morgan fingerprint density at radius 3 is 2.28 bits per heavy atom. The highest BCUT2D eigenvalue weighted by atomic mass is 35.5. The molecule has 1 heterocycles. The molecule has 2 aromatic carbocycles. The quantitative estimate of drug-likeness (QED) is 0.581. The van der Waals surface area contributed by atoms with Crippen LogP contribution < -0.4 is 10.6 Å². The minimum absolute atomic E-state index is 0.0356. The van der Waals surface area contributed by atoms with Gasteiger partial charge in [-0.3, -0.25) is 9.59 Å². The molecule has 1 aliphatic heterocycles. The van der Waals surface area contributed by atoms with Crippen LogP contribution in [0.15, 0.2) is 36.4 Å². The lowest BCUT2D eigenvalue weighted by Crippen LogP contribution is -2.37. The number of hydrogen-bond acceptors (Lipinski definition) is 3. The molecule has 3 rings (SSSR count). The van der Waals surface area contributed by atoms with E-state index < -0.39 is 0 Å². The maximum absolute atomic E-state index is 12.6. The first-order valence-corrected chi connectivity index (χ1v) is 10.5. The molecule has 1 saturated heterocycles. The molecule has 2 amide bonds. The van der Waals surface area contributed by atoms with Gasteiger partial charge in [0, 0.05) is 24.3 Å². The van der Waals surface area contributed by atoms with Crippen LogP contribution in [0.4, 0.5) is 11.4 Å². The first-order chi connectivity index (χ1) is 13.8. The van der Waals surface area contributed by atoms with Crippen molar-refractivity contribution in [2.75, 3.05) is 30.3 Å². The van der Waals surface area contributed by atoms with Gasteiger partial charge >= 0.3 is 0 Å². The van der Waals surface area contributed by atoms with E-state index in [1.807, 2.05) is 4.90 Å². The van der Waals surface area contributed by atoms with Gasteiger partial charge in [0.05, 0.1) is 27.3 Å². The number of nitrogens with zero attached hydrogens (tertiary/aromatic N) is 1. The number of benzene rings is 2. The number of amides is 2. The van der Waals surface area contributed by atoms with E-state index in [-0.39, 0.29) is 18.4 Å². The maximum atomic E-state index is 12.6. The van der Waals surface area contributed by atoms with Crippen molar-refractivity contribution in [2.45, 2.75) is 19.8 Å². The van der Waals surface area contributed by atoms with Crippen molar-refractivity contribution in [3.8, 4) is 0 Å². The molecule has 5 nitrogen and oxygen atoms in total. The van der Waals surface area contributed by atoms with Gasteiger partial charge in [-0.05, 0) is 55.2 Å². The lowest BCUT2D eigenvalue weighted by atomic mass is 9.98. The lowest BCUT2D eigenvalue weighted by molar-refractivity contribution is -0.114. The molecule has 8 heteroatoms. The number of carbonyl (C=O) groups is 2. The molecular formula is C21H22Cl3N3O2. The Hall–Kier alpha value is -1.95. The maximum Gasteiger partial charge on any atom is 0.253 e. The predicted molar refractivity (Wildman–Crippen MR) is 119 cm³/mol. The molecular weight excluding hydrogens is 433 g/mol. The number of anilines is 2. The number of carbonyl (C=O) groups excluding carboxylic acids is 2. The van der Waals surface area contributed by atoms with E-state index >= 15 is 0 Å². The van der Waals surface area contributed by atoms with Crippen molar-refractivity contribution in [3.05, 3.63) is 57.0 Å². The summed E-state index contributed by atoms with van der Waals surface area (Å²) < 4.78 is 0. The SMILES string of the molecule is CC1CCN(C(=O)c2ccc(NCC(=O)Nc3cc(Cl)c(Cl)cc3Cl)cc2)CC1. The van der Waals surface area contributed by atoms with Crippen LogP contribution in [-0.2, 0) is 4.79 Å². The average Bonchev–Trinajstić information content (AvgIpc) is 2.71. The molecule has 0 aromatic heterocycles. The van der Waals surface area contributed by atoms with Gasteiger partial charge in [0.25, 0.3) is 5.91 Å². The zero-order chi connectivity index (χ0) is 21.0. The highest BCUT2D eigenvalue weighted by Gasteiger charge is 2.21. The molecule has 0 spiro atoms. The van der Waals surface area contributed by atoms with Crippen LogP contribution in [0.3, 0.4) is 0 Å². The highest BCUT2D eigenvalue weighted by molar-refractivity contribution is 6.44. The number of nitrogens with one attached hydrogen (secondary N) is 2. The highest BCUT2D eigenvalue weighted by Crippen LogP contribution is 2.32. The van der Waals surface area contributed by atoms with Gasteiger partial charge in [-0.25, -0.2) is 0 Å². The van der Waals surface area contributed by atoms with E-state index in [4.69, 9.17) is 34.8 Å². The number of likely N-dealkylation sites (tertiary alicyclic amines) is 1. The summed E-state index contributed by atoms with van der Waals surface area (Å²) in [4.78, 5) is 26.7. The summed E-state index contributed by atoms with van der Waals surface area (Å²) in [5.74, 6) is 0.443. The second kappa shape index (κ2) is 9.70. The smallest absolute Gasteiger partial charge is 0.253 e. The van der Waals surface area contributed by atoms with Crippen LogP contribution in [-0.4, -0.2) is 36.3 Å². The monoisotopic (exact) mass is 453 g/mol. The van der Waals surface area contributed by atoms with Crippen molar-refractivity contribution in [1.82, 2.24) is 4.90 Å². The van der Waals surface area contributed by atoms with Crippen molar-refractivity contribution in [2.24, 2.45) is 5.92 Å². The summed E-state index contributed by atoms with van der Waals surface area (Å²) in [5, 5.41) is 6.65. The van der Waals surface area contributed by atoms with Crippen LogP contribution in [0.25, 0.3) is 0 Å². The van der Waals surface area contributed by atoms with E-state index in [0.29, 0.717) is 32.2 Å². The molecule has 0 saturated carbocycles. The summed E-state index contributed by atoms with van der Waals surface area (Å²) in [6.45, 7) is 3.86. The van der Waals surface area contributed by atoms with Crippen LogP contribution in [0.2, 0.25) is 15.1 Å². The Kier molecular flexibility index (Phi) is 7.28. The first-order valence-electron chi connectivity index (χ1n) is 9.41. The Morgan fingerprint density at radius 1 is 1.00 bits per heavy atom. The van der Waals surface area contributed by atoms with Gasteiger partial charge < -0.3 is 15.5 Å². The van der Waals surface area contributed by atoms with Crippen molar-refractivity contribution < 1.29 is 9.59 Å². The Morgan fingerprint density at radius 2 is 1.62 bits per heavy atom. The fraction of sp³-hybridized carbons (Fsp3) is 0.333. The molecule has 0 aliphatic carbocycles. The lowest BCUT2D eigenvalue weighted by Gasteiger charge is -2.30. The minimum Gasteiger partial charge on any atom is -0.376 e. The molecule has 154 valence electrons. The third-order valence-corrected chi connectivity index (χ3v) is 5.97. The summed E-state index contributed by atoms with van der Waals surface area (Å²) in [5.41, 5.74) is 1.78. The van der Waals surface area contributed by atoms with Crippen LogP contribution >= 0.6 is 34.8 Å².